The van der Waals surface area contributed by atoms with Crippen molar-refractivity contribution in [1.82, 2.24) is 9.97 Å². The molecule has 0 spiro atoms. The van der Waals surface area contributed by atoms with Crippen LogP contribution >= 0.6 is 35.6 Å². The number of carbonyl (C=O) groups is 1. The Kier molecular flexibility index (Phi) is 4.78. The van der Waals surface area contributed by atoms with Crippen molar-refractivity contribution in [3.63, 3.8) is 0 Å². The summed E-state index contributed by atoms with van der Waals surface area (Å²) in [6.45, 7) is 0. The van der Waals surface area contributed by atoms with Crippen molar-refractivity contribution in [2.24, 2.45) is 0 Å². The van der Waals surface area contributed by atoms with Gasteiger partial charge in [-0.15, -0.1) is 12.4 Å². The van der Waals surface area contributed by atoms with Gasteiger partial charge in [0.25, 0.3) is 5.24 Å². The molecule has 0 atom stereocenters. The lowest BCUT2D eigenvalue weighted by Crippen LogP contribution is -1.96. The molecule has 0 aliphatic rings. The van der Waals surface area contributed by atoms with Crippen molar-refractivity contribution in [3.8, 4) is 11.3 Å². The maximum absolute atomic E-state index is 11.6. The summed E-state index contributed by atoms with van der Waals surface area (Å²) in [4.78, 5) is 20.2. The average Bonchev–Trinajstić information content (AvgIpc) is 2.47. The van der Waals surface area contributed by atoms with Crippen LogP contribution in [0.1, 0.15) is 10.4 Å². The van der Waals surface area contributed by atoms with Gasteiger partial charge in [-0.1, -0.05) is 23.7 Å². The van der Waals surface area contributed by atoms with Gasteiger partial charge in [-0.25, -0.2) is 4.98 Å². The van der Waals surface area contributed by atoms with Crippen LogP contribution in [0.2, 0.25) is 5.02 Å². The van der Waals surface area contributed by atoms with Crippen molar-refractivity contribution in [1.29, 1.82) is 0 Å². The minimum Gasteiger partial charge on any atom is -0.276 e. The Hall–Kier alpha value is -1.68. The van der Waals surface area contributed by atoms with Gasteiger partial charge in [0.15, 0.2) is 0 Å². The monoisotopic (exact) mass is 338 g/mol. The molecule has 0 bridgehead atoms. The first-order chi connectivity index (χ1) is 9.66. The standard InChI is InChI=1S/C15H8Cl2N2O.ClH/c16-12-5-1-4-10-11(15(17)20)7-13(19-14(10)12)9-3-2-6-18-8-9;/h1-8H;1H. The van der Waals surface area contributed by atoms with Crippen LogP contribution in [0, 0.1) is 0 Å². The van der Waals surface area contributed by atoms with E-state index in [2.05, 4.69) is 9.97 Å². The minimum atomic E-state index is -0.537. The maximum Gasteiger partial charge on any atom is 0.253 e. The third-order valence-electron chi connectivity index (χ3n) is 2.96. The summed E-state index contributed by atoms with van der Waals surface area (Å²) < 4.78 is 0. The van der Waals surface area contributed by atoms with Crippen LogP contribution in [0.5, 0.6) is 0 Å². The molecule has 0 amide bonds. The van der Waals surface area contributed by atoms with Crippen LogP contribution in [0.3, 0.4) is 0 Å². The Labute approximate surface area is 137 Å². The number of hydrogen-bond donors (Lipinski definition) is 0. The number of para-hydroxylation sites is 1. The van der Waals surface area contributed by atoms with Crippen LogP contribution in [0.4, 0.5) is 0 Å². The van der Waals surface area contributed by atoms with Gasteiger partial charge in [0.1, 0.15) is 0 Å². The van der Waals surface area contributed by atoms with Crippen LogP contribution in [-0.2, 0) is 0 Å². The molecule has 0 radical (unpaired) electrons. The predicted octanol–water partition coefficient (Wildman–Crippen LogP) is 4.75. The zero-order chi connectivity index (χ0) is 14.1. The summed E-state index contributed by atoms with van der Waals surface area (Å²) >= 11 is 11.8. The Bertz CT molecular complexity index is 807. The van der Waals surface area contributed by atoms with E-state index in [0.717, 1.165) is 5.56 Å². The fraction of sp³-hybridized carbons (Fsp3) is 0. The lowest BCUT2D eigenvalue weighted by Gasteiger charge is -2.08. The second-order valence-corrected chi connectivity index (χ2v) is 4.96. The quantitative estimate of drug-likeness (QED) is 0.633. The molecule has 0 saturated carbocycles. The summed E-state index contributed by atoms with van der Waals surface area (Å²) in [7, 11) is 0. The number of fused-ring (bicyclic) bond motifs is 1. The predicted molar refractivity (Wildman–Crippen MR) is 87.4 cm³/mol. The Morgan fingerprint density at radius 2 is 1.95 bits per heavy atom. The Balaban J connectivity index is 0.00000161. The fourth-order valence-corrected chi connectivity index (χ4v) is 2.41. The van der Waals surface area contributed by atoms with Gasteiger partial charge in [-0.3, -0.25) is 9.78 Å². The summed E-state index contributed by atoms with van der Waals surface area (Å²) in [6, 6.07) is 10.6. The largest absolute Gasteiger partial charge is 0.276 e. The van der Waals surface area contributed by atoms with Crippen molar-refractivity contribution in [2.75, 3.05) is 0 Å². The van der Waals surface area contributed by atoms with Crippen molar-refractivity contribution < 1.29 is 4.79 Å². The molecule has 3 nitrogen and oxygen atoms in total. The second-order valence-electron chi connectivity index (χ2n) is 4.21. The highest BCUT2D eigenvalue weighted by Crippen LogP contribution is 2.29. The SMILES string of the molecule is Cl.O=C(Cl)c1cc(-c2cccnc2)nc2c(Cl)cccc12. The average molecular weight is 340 g/mol. The highest BCUT2D eigenvalue weighted by atomic mass is 35.5. The topological polar surface area (TPSA) is 42.9 Å². The molecule has 1 aromatic carbocycles. The second kappa shape index (κ2) is 6.39. The Morgan fingerprint density at radius 1 is 1.14 bits per heavy atom. The van der Waals surface area contributed by atoms with Crippen molar-refractivity contribution in [2.45, 2.75) is 0 Å². The Morgan fingerprint density at radius 3 is 2.62 bits per heavy atom. The van der Waals surface area contributed by atoms with Gasteiger partial charge in [0, 0.05) is 28.9 Å². The normalized spacial score (nSPS) is 10.2. The van der Waals surface area contributed by atoms with Crippen molar-refractivity contribution in [3.05, 3.63) is 59.4 Å². The molecular weight excluding hydrogens is 331 g/mol. The molecule has 6 heteroatoms. The molecule has 3 aromatic rings. The van der Waals surface area contributed by atoms with E-state index < -0.39 is 5.24 Å². The number of aromatic nitrogens is 2. The van der Waals surface area contributed by atoms with E-state index in [1.807, 2.05) is 6.07 Å². The van der Waals surface area contributed by atoms with Gasteiger partial charge in [0.05, 0.1) is 16.2 Å². The minimum absolute atomic E-state index is 0. The van der Waals surface area contributed by atoms with E-state index in [-0.39, 0.29) is 12.4 Å². The van der Waals surface area contributed by atoms with Crippen LogP contribution in [0.15, 0.2) is 48.8 Å². The molecule has 0 aliphatic heterocycles. The third-order valence-corrected chi connectivity index (χ3v) is 3.47. The molecule has 0 aliphatic carbocycles. The van der Waals surface area contributed by atoms with Crippen LogP contribution < -0.4 is 0 Å². The summed E-state index contributed by atoms with van der Waals surface area (Å²) in [5.74, 6) is 0. The van der Waals surface area contributed by atoms with E-state index in [9.17, 15) is 4.79 Å². The molecule has 0 saturated heterocycles. The fourth-order valence-electron chi connectivity index (χ4n) is 2.04. The first kappa shape index (κ1) is 15.7. The maximum atomic E-state index is 11.6. The molecule has 2 heterocycles. The first-order valence-corrected chi connectivity index (χ1v) is 6.62. The number of halogens is 3. The lowest BCUT2D eigenvalue weighted by atomic mass is 10.1. The molecular formula is C15H9Cl3N2O. The van der Waals surface area contributed by atoms with Crippen LogP contribution in [-0.4, -0.2) is 15.2 Å². The number of benzene rings is 1. The summed E-state index contributed by atoms with van der Waals surface area (Å²) in [6.07, 6.45) is 3.35. The molecule has 0 unspecified atom stereocenters. The highest BCUT2D eigenvalue weighted by Gasteiger charge is 2.13. The summed E-state index contributed by atoms with van der Waals surface area (Å²) in [5, 5.41) is 0.586. The van der Waals surface area contributed by atoms with E-state index >= 15 is 0 Å². The highest BCUT2D eigenvalue weighted by molar-refractivity contribution is 6.68. The number of pyridine rings is 2. The van der Waals surface area contributed by atoms with E-state index in [4.69, 9.17) is 23.2 Å². The van der Waals surface area contributed by atoms with Gasteiger partial charge in [0.2, 0.25) is 0 Å². The van der Waals surface area contributed by atoms with Gasteiger partial charge in [-0.05, 0) is 35.9 Å². The number of carbonyl (C=O) groups excluding carboxylic acids is 1. The molecule has 21 heavy (non-hydrogen) atoms. The smallest absolute Gasteiger partial charge is 0.253 e. The van der Waals surface area contributed by atoms with Crippen molar-refractivity contribution >= 4 is 51.8 Å². The number of rotatable bonds is 2. The third kappa shape index (κ3) is 3.00. The first-order valence-electron chi connectivity index (χ1n) is 5.86. The number of nitrogens with zero attached hydrogens (tertiary/aromatic N) is 2. The molecule has 0 fully saturated rings. The van der Waals surface area contributed by atoms with Gasteiger partial charge in [-0.2, -0.15) is 0 Å². The molecule has 2 aromatic heterocycles. The zero-order valence-electron chi connectivity index (χ0n) is 10.6. The van der Waals surface area contributed by atoms with E-state index in [0.29, 0.717) is 27.2 Å². The van der Waals surface area contributed by atoms with E-state index in [1.165, 1.54) is 0 Å². The van der Waals surface area contributed by atoms with Gasteiger partial charge < -0.3 is 0 Å². The van der Waals surface area contributed by atoms with Crippen LogP contribution in [0.25, 0.3) is 22.2 Å². The summed E-state index contributed by atoms with van der Waals surface area (Å²) in [5.41, 5.74) is 2.36. The lowest BCUT2D eigenvalue weighted by molar-refractivity contribution is 0.108. The van der Waals surface area contributed by atoms with E-state index in [1.54, 1.807) is 42.7 Å². The van der Waals surface area contributed by atoms with Gasteiger partial charge >= 0.3 is 0 Å². The molecule has 106 valence electrons. The number of hydrogen-bond acceptors (Lipinski definition) is 3. The molecule has 3 rings (SSSR count). The zero-order valence-corrected chi connectivity index (χ0v) is 12.9. The molecule has 0 N–H and O–H groups in total.